The SMILES string of the molecule is c1ccnc2ccccc2occ1. The fraction of sp³-hybridized carbons (Fsp3) is 0. The maximum Gasteiger partial charge on any atom is 0.152 e. The third-order valence-corrected chi connectivity index (χ3v) is 1.66. The lowest BCUT2D eigenvalue weighted by atomic mass is 10.3. The molecule has 2 heteroatoms. The van der Waals surface area contributed by atoms with E-state index in [-0.39, 0.29) is 0 Å². The predicted molar refractivity (Wildman–Crippen MR) is 51.6 cm³/mol. The molecule has 13 heavy (non-hydrogen) atoms. The summed E-state index contributed by atoms with van der Waals surface area (Å²) in [6, 6.07) is 13.2. The van der Waals surface area contributed by atoms with Crippen LogP contribution in [0.1, 0.15) is 0 Å². The van der Waals surface area contributed by atoms with E-state index in [4.69, 9.17) is 4.42 Å². The van der Waals surface area contributed by atoms with Gasteiger partial charge in [-0.3, -0.25) is 4.98 Å². The molecule has 0 radical (unpaired) electrons. The summed E-state index contributed by atoms with van der Waals surface area (Å²) in [5, 5.41) is 0. The van der Waals surface area contributed by atoms with Crippen LogP contribution in [0, 0.1) is 0 Å². The average Bonchev–Trinajstić information content (AvgIpc) is 2.28. The molecule has 0 aliphatic heterocycles. The lowest BCUT2D eigenvalue weighted by molar-refractivity contribution is 0.606. The smallest absolute Gasteiger partial charge is 0.152 e. The molecule has 0 aliphatic carbocycles. The molecule has 0 atom stereocenters. The zero-order valence-corrected chi connectivity index (χ0v) is 7.05. The highest BCUT2D eigenvalue weighted by Gasteiger charge is 1.87. The third kappa shape index (κ3) is 1.85. The maximum absolute atomic E-state index is 5.36. The van der Waals surface area contributed by atoms with Crippen molar-refractivity contribution < 1.29 is 4.42 Å². The standard InChI is InChI=1S/C11H9NO/c1-4-8-12-10-6-2-3-7-11(10)13-9-5-1/h1-9H. The van der Waals surface area contributed by atoms with Gasteiger partial charge < -0.3 is 4.42 Å². The van der Waals surface area contributed by atoms with E-state index >= 15 is 0 Å². The van der Waals surface area contributed by atoms with Crippen LogP contribution >= 0.6 is 0 Å². The molecule has 2 rings (SSSR count). The van der Waals surface area contributed by atoms with Gasteiger partial charge in [0, 0.05) is 6.20 Å². The molecule has 1 aromatic heterocycles. The van der Waals surface area contributed by atoms with Crippen molar-refractivity contribution in [1.29, 1.82) is 0 Å². The second-order valence-electron chi connectivity index (χ2n) is 2.58. The van der Waals surface area contributed by atoms with Crippen LogP contribution in [-0.4, -0.2) is 4.98 Å². The molecular formula is C11H9NO. The second kappa shape index (κ2) is 3.72. The van der Waals surface area contributed by atoms with Gasteiger partial charge in [-0.25, -0.2) is 0 Å². The molecule has 0 unspecified atom stereocenters. The number of aromatic nitrogens is 1. The normalized spacial score (nSPS) is 9.54. The minimum Gasteiger partial charge on any atom is -0.463 e. The van der Waals surface area contributed by atoms with Gasteiger partial charge in [-0.15, -0.1) is 0 Å². The first-order valence-electron chi connectivity index (χ1n) is 4.08. The summed E-state index contributed by atoms with van der Waals surface area (Å²) in [5.74, 6) is 0. The van der Waals surface area contributed by atoms with Gasteiger partial charge in [-0.2, -0.15) is 0 Å². The Morgan fingerprint density at radius 2 is 1.85 bits per heavy atom. The summed E-state index contributed by atoms with van der Waals surface area (Å²) in [6.07, 6.45) is 3.39. The summed E-state index contributed by atoms with van der Waals surface area (Å²) in [6.45, 7) is 0. The van der Waals surface area contributed by atoms with E-state index in [0.717, 1.165) is 11.1 Å². The Hall–Kier alpha value is -1.83. The first kappa shape index (κ1) is 7.80. The summed E-state index contributed by atoms with van der Waals surface area (Å²) >= 11 is 0. The molecule has 0 N–H and O–H groups in total. The van der Waals surface area contributed by atoms with E-state index in [1.165, 1.54) is 0 Å². The molecule has 1 aromatic carbocycles. The van der Waals surface area contributed by atoms with Crippen molar-refractivity contribution in [1.82, 2.24) is 4.98 Å². The van der Waals surface area contributed by atoms with Crippen LogP contribution in [0.15, 0.2) is 59.3 Å². The second-order valence-corrected chi connectivity index (χ2v) is 2.58. The number of benzene rings is 1. The Labute approximate surface area is 76.2 Å². The van der Waals surface area contributed by atoms with Crippen molar-refractivity contribution in [3.8, 4) is 0 Å². The van der Waals surface area contributed by atoms with Crippen LogP contribution < -0.4 is 0 Å². The first-order chi connectivity index (χ1) is 6.47. The Kier molecular flexibility index (Phi) is 2.23. The van der Waals surface area contributed by atoms with E-state index < -0.39 is 0 Å². The van der Waals surface area contributed by atoms with E-state index in [1.807, 2.05) is 42.5 Å². The monoisotopic (exact) mass is 171 g/mol. The Morgan fingerprint density at radius 1 is 0.923 bits per heavy atom. The van der Waals surface area contributed by atoms with Gasteiger partial charge in [0.15, 0.2) is 5.58 Å². The number of para-hydroxylation sites is 2. The zero-order chi connectivity index (χ0) is 8.93. The number of fused-ring (bicyclic) bond motifs is 1. The van der Waals surface area contributed by atoms with Gasteiger partial charge in [0.25, 0.3) is 0 Å². The fourth-order valence-corrected chi connectivity index (χ4v) is 1.06. The number of rotatable bonds is 0. The Bertz CT molecular complexity index is 406. The van der Waals surface area contributed by atoms with E-state index in [9.17, 15) is 0 Å². The van der Waals surface area contributed by atoms with Crippen molar-refractivity contribution in [2.24, 2.45) is 0 Å². The predicted octanol–water partition coefficient (Wildman–Crippen LogP) is 2.95. The van der Waals surface area contributed by atoms with Crippen molar-refractivity contribution in [2.45, 2.75) is 0 Å². The topological polar surface area (TPSA) is 26.0 Å². The molecule has 0 bridgehead atoms. The minimum absolute atomic E-state index is 0.777. The zero-order valence-electron chi connectivity index (χ0n) is 7.05. The molecule has 0 saturated carbocycles. The highest BCUT2D eigenvalue weighted by atomic mass is 16.3. The van der Waals surface area contributed by atoms with Crippen LogP contribution in [0.2, 0.25) is 0 Å². The highest BCUT2D eigenvalue weighted by molar-refractivity contribution is 5.70. The molecule has 0 spiro atoms. The van der Waals surface area contributed by atoms with Crippen molar-refractivity contribution in [3.63, 3.8) is 0 Å². The van der Waals surface area contributed by atoms with Crippen molar-refractivity contribution >= 4 is 11.1 Å². The number of nitrogens with zero attached hydrogens (tertiary/aromatic N) is 1. The first-order valence-corrected chi connectivity index (χ1v) is 4.08. The maximum atomic E-state index is 5.36. The van der Waals surface area contributed by atoms with Crippen molar-refractivity contribution in [2.75, 3.05) is 0 Å². The summed E-state index contributed by atoms with van der Waals surface area (Å²) in [7, 11) is 0. The van der Waals surface area contributed by atoms with Crippen LogP contribution in [-0.2, 0) is 0 Å². The molecule has 1 heterocycles. The van der Waals surface area contributed by atoms with Crippen LogP contribution in [0.25, 0.3) is 11.1 Å². The molecule has 0 fully saturated rings. The van der Waals surface area contributed by atoms with Crippen LogP contribution in [0.5, 0.6) is 0 Å². The van der Waals surface area contributed by atoms with Gasteiger partial charge in [-0.05, 0) is 24.3 Å². The molecule has 0 amide bonds. The fourth-order valence-electron chi connectivity index (χ4n) is 1.06. The molecule has 64 valence electrons. The van der Waals surface area contributed by atoms with Gasteiger partial charge in [0.1, 0.15) is 5.52 Å². The van der Waals surface area contributed by atoms with Gasteiger partial charge in [0.05, 0.1) is 6.26 Å². The van der Waals surface area contributed by atoms with Crippen molar-refractivity contribution in [3.05, 3.63) is 54.9 Å². The Balaban J connectivity index is 2.82. The summed E-state index contributed by atoms with van der Waals surface area (Å²) in [4.78, 5) is 4.23. The highest BCUT2D eigenvalue weighted by Crippen LogP contribution is 2.06. The van der Waals surface area contributed by atoms with Crippen LogP contribution in [0.3, 0.4) is 0 Å². The lowest BCUT2D eigenvalue weighted by Crippen LogP contribution is -1.69. The molecular weight excluding hydrogens is 162 g/mol. The molecule has 0 aliphatic rings. The third-order valence-electron chi connectivity index (χ3n) is 1.66. The van der Waals surface area contributed by atoms with Gasteiger partial charge >= 0.3 is 0 Å². The quantitative estimate of drug-likeness (QED) is 0.609. The molecule has 2 aromatic rings. The number of hydrogen-bond acceptors (Lipinski definition) is 2. The number of hydrogen-bond donors (Lipinski definition) is 0. The van der Waals surface area contributed by atoms with Crippen LogP contribution in [0.4, 0.5) is 0 Å². The molecule has 2 nitrogen and oxygen atoms in total. The van der Waals surface area contributed by atoms with E-state index in [2.05, 4.69) is 4.98 Å². The average molecular weight is 171 g/mol. The Morgan fingerprint density at radius 3 is 2.85 bits per heavy atom. The largest absolute Gasteiger partial charge is 0.463 e. The summed E-state index contributed by atoms with van der Waals surface area (Å²) in [5.41, 5.74) is 1.62. The minimum atomic E-state index is 0.777. The molecule has 0 saturated heterocycles. The van der Waals surface area contributed by atoms with E-state index in [0.29, 0.717) is 0 Å². The van der Waals surface area contributed by atoms with Gasteiger partial charge in [-0.1, -0.05) is 18.2 Å². The lowest BCUT2D eigenvalue weighted by Gasteiger charge is -1.87. The van der Waals surface area contributed by atoms with Gasteiger partial charge in [0.2, 0.25) is 0 Å². The summed E-state index contributed by atoms with van der Waals surface area (Å²) < 4.78 is 5.36. The van der Waals surface area contributed by atoms with E-state index in [1.54, 1.807) is 12.5 Å².